The lowest BCUT2D eigenvalue weighted by molar-refractivity contribution is -0.157. The second-order valence-electron chi connectivity index (χ2n) is 6.73. The van der Waals surface area contributed by atoms with Gasteiger partial charge in [-0.2, -0.15) is 11.8 Å². The van der Waals surface area contributed by atoms with Gasteiger partial charge in [-0.05, 0) is 25.0 Å². The summed E-state index contributed by atoms with van der Waals surface area (Å²) in [4.78, 5) is 23.6. The first-order chi connectivity index (χ1) is 11.6. The quantitative estimate of drug-likeness (QED) is 0.425. The van der Waals surface area contributed by atoms with E-state index in [9.17, 15) is 14.7 Å². The Morgan fingerprint density at radius 2 is 1.71 bits per heavy atom. The molecule has 0 spiro atoms. The van der Waals surface area contributed by atoms with Crippen LogP contribution in [0.2, 0.25) is 0 Å². The fraction of sp³-hybridized carbons (Fsp3) is 0.889. The van der Waals surface area contributed by atoms with Crippen molar-refractivity contribution in [2.75, 3.05) is 18.1 Å². The Balaban J connectivity index is 1.54. The third-order valence-electron chi connectivity index (χ3n) is 4.94. The molecular formula is C18H30O5S. The van der Waals surface area contributed by atoms with Gasteiger partial charge in [0.15, 0.2) is 0 Å². The molecular weight excluding hydrogens is 328 g/mol. The third kappa shape index (κ3) is 5.38. The van der Waals surface area contributed by atoms with Crippen molar-refractivity contribution >= 4 is 23.7 Å². The summed E-state index contributed by atoms with van der Waals surface area (Å²) in [5.74, 6) is -0.813. The predicted molar refractivity (Wildman–Crippen MR) is 94.2 cm³/mol. The number of fused-ring (bicyclic) bond motifs is 2. The standard InChI is InChI=1S/C18H30O5S/c1-2-3-4-5-6-7-11-24-12-10-22-18(21)16-14-9-8-13(23-14)15(16)17(19)20/h13-16H,2-12H2,1H3,(H,19,20). The van der Waals surface area contributed by atoms with E-state index in [1.54, 1.807) is 11.8 Å². The van der Waals surface area contributed by atoms with E-state index >= 15 is 0 Å². The molecule has 0 amide bonds. The van der Waals surface area contributed by atoms with Gasteiger partial charge in [0.25, 0.3) is 0 Å². The molecule has 2 fully saturated rings. The molecule has 5 nitrogen and oxygen atoms in total. The summed E-state index contributed by atoms with van der Waals surface area (Å²) in [5.41, 5.74) is 0. The van der Waals surface area contributed by atoms with Crippen molar-refractivity contribution in [1.82, 2.24) is 0 Å². The summed E-state index contributed by atoms with van der Waals surface area (Å²) in [7, 11) is 0. The number of carbonyl (C=O) groups excluding carboxylic acids is 1. The highest BCUT2D eigenvalue weighted by atomic mass is 32.2. The highest BCUT2D eigenvalue weighted by molar-refractivity contribution is 7.99. The molecule has 0 saturated carbocycles. The fourth-order valence-electron chi connectivity index (χ4n) is 3.67. The number of ether oxygens (including phenoxy) is 2. The summed E-state index contributed by atoms with van der Waals surface area (Å²) in [6.07, 6.45) is 8.65. The highest BCUT2D eigenvalue weighted by Crippen LogP contribution is 2.44. The monoisotopic (exact) mass is 358 g/mol. The zero-order chi connectivity index (χ0) is 17.4. The van der Waals surface area contributed by atoms with Gasteiger partial charge in [-0.15, -0.1) is 0 Å². The van der Waals surface area contributed by atoms with Crippen LogP contribution in [0.3, 0.4) is 0 Å². The first-order valence-electron chi connectivity index (χ1n) is 9.27. The van der Waals surface area contributed by atoms with Gasteiger partial charge < -0.3 is 14.6 Å². The summed E-state index contributed by atoms with van der Waals surface area (Å²) in [6, 6.07) is 0. The Hall–Kier alpha value is -0.750. The SMILES string of the molecule is CCCCCCCCSCCOC(=O)C1C2CCC(O2)C1C(=O)O. The normalized spacial score (nSPS) is 28.2. The summed E-state index contributed by atoms with van der Waals surface area (Å²) in [5, 5.41) is 9.31. The molecule has 2 heterocycles. The molecule has 0 aromatic rings. The predicted octanol–water partition coefficient (Wildman–Crippen LogP) is 3.50. The minimum Gasteiger partial charge on any atom is -0.481 e. The highest BCUT2D eigenvalue weighted by Gasteiger charge is 2.56. The average Bonchev–Trinajstić information content (AvgIpc) is 3.17. The van der Waals surface area contributed by atoms with E-state index in [1.807, 2.05) is 0 Å². The van der Waals surface area contributed by atoms with Gasteiger partial charge >= 0.3 is 11.9 Å². The molecule has 0 radical (unpaired) electrons. The Labute approximate surface area is 148 Å². The second kappa shape index (κ2) is 10.3. The van der Waals surface area contributed by atoms with Crippen LogP contribution in [0.5, 0.6) is 0 Å². The lowest BCUT2D eigenvalue weighted by Gasteiger charge is -2.23. The second-order valence-corrected chi connectivity index (χ2v) is 7.95. The number of carboxylic acid groups (broad SMARTS) is 1. The van der Waals surface area contributed by atoms with Crippen molar-refractivity contribution in [1.29, 1.82) is 0 Å². The molecule has 2 aliphatic rings. The first-order valence-corrected chi connectivity index (χ1v) is 10.4. The Morgan fingerprint density at radius 3 is 2.42 bits per heavy atom. The van der Waals surface area contributed by atoms with Gasteiger partial charge in [0.2, 0.25) is 0 Å². The average molecular weight is 359 g/mol. The third-order valence-corrected chi connectivity index (χ3v) is 5.98. The zero-order valence-electron chi connectivity index (χ0n) is 14.6. The molecule has 4 unspecified atom stereocenters. The molecule has 0 aromatic carbocycles. The van der Waals surface area contributed by atoms with E-state index in [2.05, 4.69) is 6.92 Å². The molecule has 138 valence electrons. The summed E-state index contributed by atoms with van der Waals surface area (Å²) >= 11 is 1.80. The Morgan fingerprint density at radius 1 is 1.04 bits per heavy atom. The topological polar surface area (TPSA) is 72.8 Å². The number of unbranched alkanes of at least 4 members (excludes halogenated alkanes) is 5. The number of thioether (sulfide) groups is 1. The molecule has 24 heavy (non-hydrogen) atoms. The molecule has 6 heteroatoms. The van der Waals surface area contributed by atoms with Crippen LogP contribution in [0.1, 0.15) is 58.3 Å². The van der Waals surface area contributed by atoms with Crippen LogP contribution < -0.4 is 0 Å². The first kappa shape index (κ1) is 19.6. The minimum absolute atomic E-state index is 0.264. The van der Waals surface area contributed by atoms with Gasteiger partial charge in [0.1, 0.15) is 6.61 Å². The minimum atomic E-state index is -0.943. The number of aliphatic carboxylic acids is 1. The van der Waals surface area contributed by atoms with E-state index in [1.165, 1.54) is 38.5 Å². The van der Waals surface area contributed by atoms with Gasteiger partial charge in [0.05, 0.1) is 24.0 Å². The van der Waals surface area contributed by atoms with Crippen molar-refractivity contribution in [2.45, 2.75) is 70.5 Å². The number of carbonyl (C=O) groups is 2. The van der Waals surface area contributed by atoms with Crippen LogP contribution in [0.25, 0.3) is 0 Å². The number of esters is 1. The summed E-state index contributed by atoms with van der Waals surface area (Å²) in [6.45, 7) is 2.58. The van der Waals surface area contributed by atoms with E-state index in [0.29, 0.717) is 6.61 Å². The molecule has 2 bridgehead atoms. The van der Waals surface area contributed by atoms with E-state index < -0.39 is 23.8 Å². The summed E-state index contributed by atoms with van der Waals surface area (Å²) < 4.78 is 10.9. The van der Waals surface area contributed by atoms with Gasteiger partial charge in [-0.25, -0.2) is 0 Å². The molecule has 2 aliphatic heterocycles. The maximum Gasteiger partial charge on any atom is 0.312 e. The van der Waals surface area contributed by atoms with Crippen molar-refractivity contribution in [2.24, 2.45) is 11.8 Å². The van der Waals surface area contributed by atoms with Crippen LogP contribution in [-0.2, 0) is 19.1 Å². The van der Waals surface area contributed by atoms with Crippen molar-refractivity contribution in [3.63, 3.8) is 0 Å². The van der Waals surface area contributed by atoms with Gasteiger partial charge in [0, 0.05) is 5.75 Å². The molecule has 4 atom stereocenters. The van der Waals surface area contributed by atoms with E-state index in [0.717, 1.165) is 24.3 Å². The van der Waals surface area contributed by atoms with Crippen LogP contribution in [-0.4, -0.2) is 47.4 Å². The number of rotatable bonds is 12. The number of hydrogen-bond donors (Lipinski definition) is 1. The van der Waals surface area contributed by atoms with Crippen LogP contribution in [0, 0.1) is 11.8 Å². The largest absolute Gasteiger partial charge is 0.481 e. The number of hydrogen-bond acceptors (Lipinski definition) is 5. The van der Waals surface area contributed by atoms with Crippen molar-refractivity contribution in [3.8, 4) is 0 Å². The molecule has 0 aliphatic carbocycles. The van der Waals surface area contributed by atoms with Crippen molar-refractivity contribution < 1.29 is 24.2 Å². The maximum absolute atomic E-state index is 12.2. The zero-order valence-corrected chi connectivity index (χ0v) is 15.4. The molecule has 2 rings (SSSR count). The van der Waals surface area contributed by atoms with E-state index in [4.69, 9.17) is 9.47 Å². The van der Waals surface area contributed by atoms with E-state index in [-0.39, 0.29) is 12.2 Å². The molecule has 1 N–H and O–H groups in total. The van der Waals surface area contributed by atoms with Crippen LogP contribution >= 0.6 is 11.8 Å². The fourth-order valence-corrected chi connectivity index (χ4v) is 4.49. The van der Waals surface area contributed by atoms with Gasteiger partial charge in [-0.3, -0.25) is 9.59 Å². The Kier molecular flexibility index (Phi) is 8.39. The van der Waals surface area contributed by atoms with Gasteiger partial charge in [-0.1, -0.05) is 39.0 Å². The molecule has 2 saturated heterocycles. The van der Waals surface area contributed by atoms with Crippen molar-refractivity contribution in [3.05, 3.63) is 0 Å². The number of carboxylic acids is 1. The van der Waals surface area contributed by atoms with Crippen LogP contribution in [0.15, 0.2) is 0 Å². The lowest BCUT2D eigenvalue weighted by Crippen LogP contribution is -2.39. The van der Waals surface area contributed by atoms with Crippen LogP contribution in [0.4, 0.5) is 0 Å². The maximum atomic E-state index is 12.2. The Bertz CT molecular complexity index is 414. The molecule has 0 aromatic heterocycles. The smallest absolute Gasteiger partial charge is 0.312 e. The lowest BCUT2D eigenvalue weighted by atomic mass is 9.79.